The number of halogens is 1. The van der Waals surface area contributed by atoms with Crippen LogP contribution in [0.3, 0.4) is 0 Å². The van der Waals surface area contributed by atoms with Crippen molar-refractivity contribution in [1.29, 1.82) is 0 Å². The molecule has 6 heteroatoms. The molecule has 1 fully saturated rings. The molecule has 1 aromatic carbocycles. The summed E-state index contributed by atoms with van der Waals surface area (Å²) in [5, 5.41) is 12.3. The number of amides is 1. The van der Waals surface area contributed by atoms with Crippen molar-refractivity contribution in [1.82, 2.24) is 4.90 Å². The third-order valence-corrected chi connectivity index (χ3v) is 4.52. The summed E-state index contributed by atoms with van der Waals surface area (Å²) in [4.78, 5) is 14.4. The largest absolute Gasteiger partial charge is 0.486 e. The molecular weight excluding hydrogens is 299 g/mol. The number of piperidine rings is 1. The minimum Gasteiger partial charge on any atom is -0.486 e. The van der Waals surface area contributed by atoms with Crippen LogP contribution in [0.4, 0.5) is 10.1 Å². The van der Waals surface area contributed by atoms with Gasteiger partial charge in [0.15, 0.2) is 0 Å². The number of fused-ring (bicyclic) bond motifs is 1. The lowest BCUT2D eigenvalue weighted by Gasteiger charge is -2.31. The molecule has 0 unspecified atom stereocenters. The molecule has 0 spiro atoms. The van der Waals surface area contributed by atoms with Crippen LogP contribution in [0.2, 0.25) is 0 Å². The lowest BCUT2D eigenvalue weighted by atomic mass is 10.1. The molecule has 3 heterocycles. The molecule has 3 aliphatic rings. The smallest absolute Gasteiger partial charge is 0.260 e. The third kappa shape index (κ3) is 2.49. The Kier molecular flexibility index (Phi) is 3.34. The van der Waals surface area contributed by atoms with Crippen LogP contribution in [0.25, 0.3) is 5.57 Å². The van der Waals surface area contributed by atoms with Crippen LogP contribution in [-0.2, 0) is 9.53 Å². The van der Waals surface area contributed by atoms with E-state index in [9.17, 15) is 14.3 Å². The molecule has 0 aromatic heterocycles. The quantitative estimate of drug-likeness (QED) is 0.777. The van der Waals surface area contributed by atoms with Gasteiger partial charge in [-0.15, -0.1) is 0 Å². The van der Waals surface area contributed by atoms with E-state index in [-0.39, 0.29) is 17.8 Å². The van der Waals surface area contributed by atoms with Gasteiger partial charge in [0.2, 0.25) is 0 Å². The number of hydrogen-bond acceptors (Lipinski definition) is 4. The first-order valence-corrected chi connectivity index (χ1v) is 7.74. The molecule has 1 amide bonds. The van der Waals surface area contributed by atoms with Crippen LogP contribution in [0, 0.1) is 5.82 Å². The summed E-state index contributed by atoms with van der Waals surface area (Å²) < 4.78 is 19.0. The maximum absolute atomic E-state index is 13.3. The standard InChI is InChI=1S/C17H17FN2O3/c18-10-1-2-13-14(7-10)19-17(22)16(13)15-8-11(9-23-15)20-5-3-12(21)4-6-20/h1-2,7-8,12,21H,3-6,9H2,(H,19,22). The fourth-order valence-corrected chi connectivity index (χ4v) is 3.26. The van der Waals surface area contributed by atoms with Crippen molar-refractivity contribution in [2.75, 3.05) is 25.0 Å². The molecule has 0 aliphatic carbocycles. The van der Waals surface area contributed by atoms with Gasteiger partial charge in [-0.25, -0.2) is 4.39 Å². The predicted molar refractivity (Wildman–Crippen MR) is 82.8 cm³/mol. The van der Waals surface area contributed by atoms with Crippen LogP contribution in [0.1, 0.15) is 18.4 Å². The second-order valence-corrected chi connectivity index (χ2v) is 6.03. The Morgan fingerprint density at radius 3 is 2.87 bits per heavy atom. The highest BCUT2D eigenvalue weighted by atomic mass is 19.1. The zero-order valence-electron chi connectivity index (χ0n) is 12.5. The van der Waals surface area contributed by atoms with Crippen LogP contribution in [0.15, 0.2) is 35.7 Å². The number of ether oxygens (including phenoxy) is 1. The molecule has 3 aliphatic heterocycles. The van der Waals surface area contributed by atoms with Gasteiger partial charge in [0.05, 0.1) is 23.1 Å². The summed E-state index contributed by atoms with van der Waals surface area (Å²) >= 11 is 0. The molecule has 1 aromatic rings. The first-order valence-electron chi connectivity index (χ1n) is 7.74. The molecular formula is C17H17FN2O3. The number of allylic oxidation sites excluding steroid dienone is 1. The topological polar surface area (TPSA) is 61.8 Å². The van der Waals surface area contributed by atoms with Gasteiger partial charge >= 0.3 is 0 Å². The number of hydrogen-bond donors (Lipinski definition) is 2. The van der Waals surface area contributed by atoms with Crippen LogP contribution >= 0.6 is 0 Å². The van der Waals surface area contributed by atoms with Crippen molar-refractivity contribution < 1.29 is 19.0 Å². The summed E-state index contributed by atoms with van der Waals surface area (Å²) in [5.74, 6) is -0.133. The van der Waals surface area contributed by atoms with Gasteiger partial charge in [0.1, 0.15) is 18.2 Å². The third-order valence-electron chi connectivity index (χ3n) is 4.52. The van der Waals surface area contributed by atoms with Crippen molar-refractivity contribution in [2.24, 2.45) is 0 Å². The SMILES string of the molecule is O=C1Nc2cc(F)ccc2C1=C1C=C(N2CCC(O)CC2)CO1. The Hall–Kier alpha value is -2.34. The second kappa shape index (κ2) is 5.38. The van der Waals surface area contributed by atoms with Crippen molar-refractivity contribution in [2.45, 2.75) is 18.9 Å². The Labute approximate surface area is 133 Å². The first-order chi connectivity index (χ1) is 11.1. The Morgan fingerprint density at radius 2 is 2.09 bits per heavy atom. The predicted octanol–water partition coefficient (Wildman–Crippen LogP) is 1.86. The highest BCUT2D eigenvalue weighted by Crippen LogP contribution is 2.37. The van der Waals surface area contributed by atoms with E-state index in [0.29, 0.717) is 29.2 Å². The van der Waals surface area contributed by atoms with Gasteiger partial charge in [-0.2, -0.15) is 0 Å². The Morgan fingerprint density at radius 1 is 1.30 bits per heavy atom. The minimum absolute atomic E-state index is 0.227. The number of benzene rings is 1. The van der Waals surface area contributed by atoms with Crippen molar-refractivity contribution in [3.8, 4) is 0 Å². The van der Waals surface area contributed by atoms with Crippen molar-refractivity contribution in [3.05, 3.63) is 47.1 Å². The number of rotatable bonds is 1. The summed E-state index contributed by atoms with van der Waals surface area (Å²) in [6.45, 7) is 1.98. The minimum atomic E-state index is -0.384. The molecule has 120 valence electrons. The van der Waals surface area contributed by atoms with E-state index < -0.39 is 0 Å². The zero-order valence-corrected chi connectivity index (χ0v) is 12.5. The summed E-state index contributed by atoms with van der Waals surface area (Å²) in [5.41, 5.74) is 2.61. The highest BCUT2D eigenvalue weighted by Gasteiger charge is 2.31. The Bertz CT molecular complexity index is 733. The fourth-order valence-electron chi connectivity index (χ4n) is 3.26. The second-order valence-electron chi connectivity index (χ2n) is 6.03. The molecule has 1 saturated heterocycles. The number of aliphatic hydroxyl groups is 1. The van der Waals surface area contributed by atoms with E-state index in [1.54, 1.807) is 6.07 Å². The van der Waals surface area contributed by atoms with Gasteiger partial charge in [-0.1, -0.05) is 0 Å². The Balaban J connectivity index is 1.66. The lowest BCUT2D eigenvalue weighted by molar-refractivity contribution is -0.110. The summed E-state index contributed by atoms with van der Waals surface area (Å²) in [7, 11) is 0. The van der Waals surface area contributed by atoms with Crippen LogP contribution < -0.4 is 5.32 Å². The molecule has 0 atom stereocenters. The average Bonchev–Trinajstić information content (AvgIpc) is 3.11. The average molecular weight is 316 g/mol. The maximum Gasteiger partial charge on any atom is 0.260 e. The van der Waals surface area contributed by atoms with Gasteiger partial charge in [-0.3, -0.25) is 4.79 Å². The van der Waals surface area contributed by atoms with Crippen molar-refractivity contribution in [3.63, 3.8) is 0 Å². The lowest BCUT2D eigenvalue weighted by Crippen LogP contribution is -2.35. The molecule has 23 heavy (non-hydrogen) atoms. The van der Waals surface area contributed by atoms with Gasteiger partial charge < -0.3 is 20.1 Å². The van der Waals surface area contributed by atoms with E-state index in [2.05, 4.69) is 10.2 Å². The van der Waals surface area contributed by atoms with E-state index in [1.807, 2.05) is 6.08 Å². The maximum atomic E-state index is 13.3. The van der Waals surface area contributed by atoms with Crippen LogP contribution in [-0.4, -0.2) is 41.7 Å². The molecule has 4 rings (SSSR count). The van der Waals surface area contributed by atoms with Gasteiger partial charge in [-0.05, 0) is 31.0 Å². The monoisotopic (exact) mass is 316 g/mol. The fraction of sp³-hybridized carbons (Fsp3) is 0.353. The number of nitrogens with one attached hydrogen (secondary N) is 1. The highest BCUT2D eigenvalue weighted by molar-refractivity contribution is 6.32. The van der Waals surface area contributed by atoms with Gasteiger partial charge in [0, 0.05) is 24.7 Å². The molecule has 0 saturated carbocycles. The van der Waals surface area contributed by atoms with Crippen LogP contribution in [0.5, 0.6) is 0 Å². The number of aliphatic hydroxyl groups excluding tert-OH is 1. The summed E-state index contributed by atoms with van der Waals surface area (Å²) in [6, 6.07) is 4.25. The van der Waals surface area contributed by atoms with E-state index in [0.717, 1.165) is 31.6 Å². The molecule has 0 bridgehead atoms. The number of carbonyl (C=O) groups excluding carboxylic acids is 1. The summed E-state index contributed by atoms with van der Waals surface area (Å²) in [6.07, 6.45) is 3.14. The number of nitrogens with zero attached hydrogens (tertiary/aromatic N) is 1. The van der Waals surface area contributed by atoms with E-state index in [4.69, 9.17) is 4.74 Å². The number of carbonyl (C=O) groups is 1. The van der Waals surface area contributed by atoms with Gasteiger partial charge in [0.25, 0.3) is 5.91 Å². The molecule has 5 nitrogen and oxygen atoms in total. The number of likely N-dealkylation sites (tertiary alicyclic amines) is 1. The molecule has 2 N–H and O–H groups in total. The zero-order chi connectivity index (χ0) is 16.0. The van der Waals surface area contributed by atoms with E-state index in [1.165, 1.54) is 12.1 Å². The van der Waals surface area contributed by atoms with Crippen molar-refractivity contribution >= 4 is 17.2 Å². The molecule has 0 radical (unpaired) electrons. The first kappa shape index (κ1) is 14.3. The number of anilines is 1. The normalized spacial score (nSPS) is 24.3. The van der Waals surface area contributed by atoms with E-state index >= 15 is 0 Å².